The molecule has 0 atom stereocenters. The van der Waals surface area contributed by atoms with Crippen molar-refractivity contribution in [2.24, 2.45) is 0 Å². The van der Waals surface area contributed by atoms with Gasteiger partial charge in [0.1, 0.15) is 17.4 Å². The maximum atomic E-state index is 10.1. The largest absolute Gasteiger partial charge is 0.546 e. The van der Waals surface area contributed by atoms with Gasteiger partial charge in [0.25, 0.3) is 0 Å². The summed E-state index contributed by atoms with van der Waals surface area (Å²) in [4.78, 5) is 10.1. The van der Waals surface area contributed by atoms with Gasteiger partial charge in [0.2, 0.25) is 0 Å². The van der Waals surface area contributed by atoms with Crippen molar-refractivity contribution in [1.82, 2.24) is 0 Å². The molecule has 0 aliphatic rings. The second-order valence-corrected chi connectivity index (χ2v) is 3.00. The molecular weight excluding hydrogens is 215 g/mol. The van der Waals surface area contributed by atoms with E-state index in [0.717, 1.165) is 0 Å². The third kappa shape index (κ3) is 2.79. The summed E-state index contributed by atoms with van der Waals surface area (Å²) in [5, 5.41) is 10.6. The van der Waals surface area contributed by atoms with E-state index in [-0.39, 0.29) is 10.8 Å². The van der Waals surface area contributed by atoms with E-state index in [9.17, 15) is 9.90 Å². The van der Waals surface area contributed by atoms with Crippen LogP contribution in [0.2, 0.25) is 10.0 Å². The molecule has 0 saturated heterocycles. The number of halogens is 2. The summed E-state index contributed by atoms with van der Waals surface area (Å²) >= 11 is 11.4. The molecule has 0 heterocycles. The summed E-state index contributed by atoms with van der Waals surface area (Å²) < 4.78 is 4.80. The molecule has 0 radical (unpaired) electrons. The van der Waals surface area contributed by atoms with E-state index in [1.54, 1.807) is 12.1 Å². The number of carboxylic acids is 1. The van der Waals surface area contributed by atoms with Crippen molar-refractivity contribution in [3.63, 3.8) is 0 Å². The first-order valence-electron chi connectivity index (χ1n) is 3.38. The van der Waals surface area contributed by atoms with E-state index in [0.29, 0.717) is 5.02 Å². The lowest BCUT2D eigenvalue weighted by molar-refractivity contribution is -0.307. The Hall–Kier alpha value is -0.930. The third-order valence-corrected chi connectivity index (χ3v) is 2.06. The molecule has 0 N–H and O–H groups in total. The number of aliphatic carboxylic acids is 1. The Kier molecular flexibility index (Phi) is 3.39. The van der Waals surface area contributed by atoms with Crippen molar-refractivity contribution in [1.29, 1.82) is 0 Å². The molecule has 0 bridgehead atoms. The standard InChI is InChI=1S/C8H6Cl2O3/c9-5-2-1-3-6(8(5)10)13-4-7(11)12/h1-3H,4H2,(H,11,12)/p-1. The van der Waals surface area contributed by atoms with Crippen LogP contribution in [0, 0.1) is 0 Å². The minimum atomic E-state index is -1.31. The molecule has 70 valence electrons. The summed E-state index contributed by atoms with van der Waals surface area (Å²) in [6.45, 7) is -0.542. The van der Waals surface area contributed by atoms with Crippen LogP contribution in [0.4, 0.5) is 0 Å². The molecule has 3 nitrogen and oxygen atoms in total. The van der Waals surface area contributed by atoms with Gasteiger partial charge in [0.15, 0.2) is 0 Å². The Bertz CT molecular complexity index is 325. The van der Waals surface area contributed by atoms with Crippen LogP contribution in [0.1, 0.15) is 0 Å². The summed E-state index contributed by atoms with van der Waals surface area (Å²) in [7, 11) is 0. The lowest BCUT2D eigenvalue weighted by atomic mass is 10.3. The second kappa shape index (κ2) is 4.35. The Morgan fingerprint density at radius 2 is 2.15 bits per heavy atom. The van der Waals surface area contributed by atoms with Crippen molar-refractivity contribution >= 4 is 29.2 Å². The average Bonchev–Trinajstić information content (AvgIpc) is 2.07. The molecule has 0 aliphatic carbocycles. The smallest absolute Gasteiger partial charge is 0.139 e. The number of rotatable bonds is 3. The summed E-state index contributed by atoms with van der Waals surface area (Å²) in [5.41, 5.74) is 0. The average molecular weight is 220 g/mol. The molecule has 1 aromatic rings. The van der Waals surface area contributed by atoms with E-state index < -0.39 is 12.6 Å². The Morgan fingerprint density at radius 1 is 1.46 bits per heavy atom. The van der Waals surface area contributed by atoms with Crippen molar-refractivity contribution < 1.29 is 14.6 Å². The maximum Gasteiger partial charge on any atom is 0.139 e. The van der Waals surface area contributed by atoms with Crippen LogP contribution in [-0.4, -0.2) is 12.6 Å². The molecule has 1 aromatic carbocycles. The first-order valence-corrected chi connectivity index (χ1v) is 4.13. The lowest BCUT2D eigenvalue weighted by Crippen LogP contribution is -2.28. The van der Waals surface area contributed by atoms with Gasteiger partial charge in [0, 0.05) is 0 Å². The Balaban J connectivity index is 2.77. The molecule has 13 heavy (non-hydrogen) atoms. The monoisotopic (exact) mass is 219 g/mol. The normalized spacial score (nSPS) is 9.69. The van der Waals surface area contributed by atoms with Crippen LogP contribution in [0.25, 0.3) is 0 Å². The fourth-order valence-corrected chi connectivity index (χ4v) is 1.08. The number of carboxylic acid groups (broad SMARTS) is 1. The first-order chi connectivity index (χ1) is 6.11. The second-order valence-electron chi connectivity index (χ2n) is 2.21. The van der Waals surface area contributed by atoms with Gasteiger partial charge in [-0.3, -0.25) is 0 Å². The van der Waals surface area contributed by atoms with Crippen LogP contribution in [0.15, 0.2) is 18.2 Å². The van der Waals surface area contributed by atoms with Gasteiger partial charge in [-0.05, 0) is 12.1 Å². The SMILES string of the molecule is O=C([O-])COc1cccc(Cl)c1Cl. The topological polar surface area (TPSA) is 49.4 Å². The van der Waals surface area contributed by atoms with Crippen molar-refractivity contribution in [3.8, 4) is 5.75 Å². The zero-order chi connectivity index (χ0) is 9.84. The maximum absolute atomic E-state index is 10.1. The molecule has 0 unspecified atom stereocenters. The number of hydrogen-bond acceptors (Lipinski definition) is 3. The molecule has 0 amide bonds. The number of carbonyl (C=O) groups is 1. The molecule has 0 saturated carbocycles. The molecule has 0 aromatic heterocycles. The van der Waals surface area contributed by atoms with Crippen molar-refractivity contribution in [3.05, 3.63) is 28.2 Å². The lowest BCUT2D eigenvalue weighted by Gasteiger charge is -2.08. The van der Waals surface area contributed by atoms with E-state index in [2.05, 4.69) is 0 Å². The van der Waals surface area contributed by atoms with Crippen molar-refractivity contribution in [2.45, 2.75) is 0 Å². The van der Waals surface area contributed by atoms with Crippen LogP contribution in [0.3, 0.4) is 0 Å². The summed E-state index contributed by atoms with van der Waals surface area (Å²) in [6, 6.07) is 4.71. The third-order valence-electron chi connectivity index (χ3n) is 1.26. The number of ether oxygens (including phenoxy) is 1. The molecule has 0 fully saturated rings. The number of hydrogen-bond donors (Lipinski definition) is 0. The Morgan fingerprint density at radius 3 is 2.77 bits per heavy atom. The minimum Gasteiger partial charge on any atom is -0.546 e. The molecule has 0 aliphatic heterocycles. The van der Waals surface area contributed by atoms with Gasteiger partial charge in [-0.1, -0.05) is 29.3 Å². The fraction of sp³-hybridized carbons (Fsp3) is 0.125. The van der Waals surface area contributed by atoms with Gasteiger partial charge in [0.05, 0.1) is 11.0 Å². The first kappa shape index (κ1) is 10.2. The summed E-state index contributed by atoms with van der Waals surface area (Å²) in [6.07, 6.45) is 0. The van der Waals surface area contributed by atoms with Gasteiger partial charge in [-0.25, -0.2) is 0 Å². The van der Waals surface area contributed by atoms with Gasteiger partial charge >= 0.3 is 0 Å². The van der Waals surface area contributed by atoms with Crippen LogP contribution in [-0.2, 0) is 4.79 Å². The molecular formula is C8H5Cl2O3-. The van der Waals surface area contributed by atoms with E-state index in [1.165, 1.54) is 6.07 Å². The number of carbonyl (C=O) groups excluding carboxylic acids is 1. The minimum absolute atomic E-state index is 0.199. The zero-order valence-corrected chi connectivity index (χ0v) is 7.93. The zero-order valence-electron chi connectivity index (χ0n) is 6.42. The molecule has 0 spiro atoms. The predicted molar refractivity (Wildman–Crippen MR) is 47.0 cm³/mol. The highest BCUT2D eigenvalue weighted by Crippen LogP contribution is 2.31. The van der Waals surface area contributed by atoms with E-state index in [4.69, 9.17) is 27.9 Å². The van der Waals surface area contributed by atoms with Crippen LogP contribution in [0.5, 0.6) is 5.75 Å². The Labute approximate surface area is 84.8 Å². The fourth-order valence-electron chi connectivity index (χ4n) is 0.732. The van der Waals surface area contributed by atoms with Gasteiger partial charge in [-0.15, -0.1) is 0 Å². The highest BCUT2D eigenvalue weighted by molar-refractivity contribution is 6.42. The van der Waals surface area contributed by atoms with Crippen molar-refractivity contribution in [2.75, 3.05) is 6.61 Å². The van der Waals surface area contributed by atoms with Crippen LogP contribution < -0.4 is 9.84 Å². The van der Waals surface area contributed by atoms with Gasteiger partial charge < -0.3 is 14.6 Å². The molecule has 1 rings (SSSR count). The van der Waals surface area contributed by atoms with E-state index in [1.807, 2.05) is 0 Å². The number of benzene rings is 1. The predicted octanol–water partition coefficient (Wildman–Crippen LogP) is 1.12. The quantitative estimate of drug-likeness (QED) is 0.766. The highest BCUT2D eigenvalue weighted by atomic mass is 35.5. The highest BCUT2D eigenvalue weighted by Gasteiger charge is 2.04. The van der Waals surface area contributed by atoms with E-state index >= 15 is 0 Å². The summed E-state index contributed by atoms with van der Waals surface area (Å²) in [5.74, 6) is -1.07. The van der Waals surface area contributed by atoms with Crippen LogP contribution >= 0.6 is 23.2 Å². The molecule has 5 heteroatoms. The van der Waals surface area contributed by atoms with Gasteiger partial charge in [-0.2, -0.15) is 0 Å².